The molecule has 1 fully saturated rings. The number of methoxy groups -OCH3 is 1. The molecule has 1 aliphatic heterocycles. The zero-order valence-corrected chi connectivity index (χ0v) is 15.6. The molecule has 28 heavy (non-hydrogen) atoms. The van der Waals surface area contributed by atoms with Gasteiger partial charge in [0.25, 0.3) is 5.91 Å². The van der Waals surface area contributed by atoms with Crippen molar-refractivity contribution in [1.82, 2.24) is 14.7 Å². The zero-order valence-electron chi connectivity index (χ0n) is 14.9. The van der Waals surface area contributed by atoms with E-state index in [1.165, 1.54) is 36.3 Å². The van der Waals surface area contributed by atoms with Gasteiger partial charge in [0.2, 0.25) is 0 Å². The van der Waals surface area contributed by atoms with E-state index in [0.717, 1.165) is 6.20 Å². The first-order valence-electron chi connectivity index (χ1n) is 8.50. The Balaban J connectivity index is 1.89. The Bertz CT molecular complexity index is 872. The number of piperidine rings is 1. The first-order valence-corrected chi connectivity index (χ1v) is 8.88. The molecule has 0 unspecified atom stereocenters. The van der Waals surface area contributed by atoms with E-state index in [1.54, 1.807) is 0 Å². The molecule has 1 saturated heterocycles. The molecular weight excluding hydrogens is 399 g/mol. The Morgan fingerprint density at radius 2 is 1.79 bits per heavy atom. The van der Waals surface area contributed by atoms with Gasteiger partial charge in [0, 0.05) is 18.1 Å². The van der Waals surface area contributed by atoms with Crippen LogP contribution in [-0.4, -0.2) is 46.8 Å². The van der Waals surface area contributed by atoms with Gasteiger partial charge in [0.15, 0.2) is 5.69 Å². The Labute approximate surface area is 163 Å². The average Bonchev–Trinajstić information content (AvgIpc) is 3.13. The maximum Gasteiger partial charge on any atom is 0.434 e. The Morgan fingerprint density at radius 3 is 2.32 bits per heavy atom. The molecule has 3 rings (SSSR count). The molecule has 2 aromatic rings. The minimum atomic E-state index is -4.79. The van der Waals surface area contributed by atoms with Crippen molar-refractivity contribution in [3.05, 3.63) is 46.7 Å². The van der Waals surface area contributed by atoms with Crippen LogP contribution in [0.3, 0.4) is 0 Å². The predicted octanol–water partition coefficient (Wildman–Crippen LogP) is 3.57. The molecule has 2 heterocycles. The number of alkyl halides is 3. The highest BCUT2D eigenvalue weighted by Gasteiger charge is 2.42. The molecule has 1 amide bonds. The summed E-state index contributed by atoms with van der Waals surface area (Å²) in [5.41, 5.74) is -1.53. The van der Waals surface area contributed by atoms with Crippen molar-refractivity contribution in [2.45, 2.75) is 19.0 Å². The normalized spacial score (nSPS) is 15.5. The molecule has 0 bridgehead atoms. The second kappa shape index (κ2) is 7.83. The third-order valence-electron chi connectivity index (χ3n) is 4.66. The van der Waals surface area contributed by atoms with E-state index >= 15 is 0 Å². The lowest BCUT2D eigenvalue weighted by Crippen LogP contribution is -2.41. The summed E-state index contributed by atoms with van der Waals surface area (Å²) in [5.74, 6) is -1.50. The van der Waals surface area contributed by atoms with Crippen molar-refractivity contribution in [2.75, 3.05) is 20.2 Å². The van der Waals surface area contributed by atoms with Gasteiger partial charge in [-0.1, -0.05) is 11.6 Å². The lowest BCUT2D eigenvalue weighted by Gasteiger charge is -2.30. The number of hydrogen-bond donors (Lipinski definition) is 0. The Kier molecular flexibility index (Phi) is 5.64. The van der Waals surface area contributed by atoms with Gasteiger partial charge in [-0.2, -0.15) is 18.3 Å². The quantitative estimate of drug-likeness (QED) is 0.719. The predicted molar refractivity (Wildman–Crippen MR) is 94.2 cm³/mol. The third-order valence-corrected chi connectivity index (χ3v) is 4.91. The molecular formula is C18H17ClF3N3O3. The fourth-order valence-corrected chi connectivity index (χ4v) is 3.34. The fourth-order valence-electron chi connectivity index (χ4n) is 3.21. The molecule has 1 aliphatic rings. The van der Waals surface area contributed by atoms with Gasteiger partial charge in [-0.25, -0.2) is 4.68 Å². The molecule has 0 spiro atoms. The smallest absolute Gasteiger partial charge is 0.434 e. The van der Waals surface area contributed by atoms with E-state index in [2.05, 4.69) is 9.84 Å². The summed E-state index contributed by atoms with van der Waals surface area (Å²) >= 11 is 5.78. The van der Waals surface area contributed by atoms with E-state index in [-0.39, 0.29) is 30.7 Å². The van der Waals surface area contributed by atoms with Crippen molar-refractivity contribution < 1.29 is 27.5 Å². The molecule has 6 nitrogen and oxygen atoms in total. The van der Waals surface area contributed by atoms with Gasteiger partial charge in [-0.3, -0.25) is 9.59 Å². The minimum absolute atomic E-state index is 0.139. The highest BCUT2D eigenvalue weighted by molar-refractivity contribution is 6.30. The molecule has 0 saturated carbocycles. The van der Waals surface area contributed by atoms with Gasteiger partial charge in [-0.05, 0) is 37.1 Å². The number of carbonyl (C=O) groups is 2. The first-order chi connectivity index (χ1) is 13.2. The van der Waals surface area contributed by atoms with Crippen LogP contribution < -0.4 is 0 Å². The first kappa shape index (κ1) is 20.2. The largest absolute Gasteiger partial charge is 0.469 e. The number of halogens is 4. The number of nitrogens with zero attached hydrogens (tertiary/aromatic N) is 3. The molecule has 1 aromatic heterocycles. The van der Waals surface area contributed by atoms with Gasteiger partial charge in [-0.15, -0.1) is 0 Å². The van der Waals surface area contributed by atoms with Crippen LogP contribution >= 0.6 is 11.6 Å². The van der Waals surface area contributed by atoms with Crippen LogP contribution in [0.25, 0.3) is 5.69 Å². The Hall–Kier alpha value is -2.55. The van der Waals surface area contributed by atoms with Crippen LogP contribution in [0.15, 0.2) is 30.5 Å². The van der Waals surface area contributed by atoms with Crippen molar-refractivity contribution in [3.8, 4) is 5.69 Å². The molecule has 0 radical (unpaired) electrons. The summed E-state index contributed by atoms with van der Waals surface area (Å²) in [5, 5.41) is 4.16. The third kappa shape index (κ3) is 3.99. The minimum Gasteiger partial charge on any atom is -0.469 e. The van der Waals surface area contributed by atoms with E-state index in [4.69, 9.17) is 11.6 Å². The average molecular weight is 416 g/mol. The van der Waals surface area contributed by atoms with Crippen LogP contribution in [0.1, 0.15) is 28.9 Å². The lowest BCUT2D eigenvalue weighted by atomic mass is 9.96. The molecule has 150 valence electrons. The van der Waals surface area contributed by atoms with E-state index in [0.29, 0.717) is 22.5 Å². The van der Waals surface area contributed by atoms with Crippen molar-refractivity contribution in [3.63, 3.8) is 0 Å². The van der Waals surface area contributed by atoms with Crippen LogP contribution in [0.2, 0.25) is 5.02 Å². The van der Waals surface area contributed by atoms with Crippen LogP contribution in [-0.2, 0) is 15.7 Å². The maximum absolute atomic E-state index is 13.7. The SMILES string of the molecule is COC(=O)C1CCN(C(=O)c2cnn(-c3ccc(Cl)cc3)c2C(F)(F)F)CC1. The topological polar surface area (TPSA) is 64.4 Å². The molecule has 1 aromatic carbocycles. The van der Waals surface area contributed by atoms with Crippen molar-refractivity contribution >= 4 is 23.5 Å². The number of carbonyl (C=O) groups excluding carboxylic acids is 2. The van der Waals surface area contributed by atoms with Crippen molar-refractivity contribution in [1.29, 1.82) is 0 Å². The Morgan fingerprint density at radius 1 is 1.18 bits per heavy atom. The number of aromatic nitrogens is 2. The monoisotopic (exact) mass is 415 g/mol. The molecule has 0 atom stereocenters. The van der Waals surface area contributed by atoms with Gasteiger partial charge >= 0.3 is 12.1 Å². The van der Waals surface area contributed by atoms with E-state index in [9.17, 15) is 22.8 Å². The number of benzene rings is 1. The summed E-state index contributed by atoms with van der Waals surface area (Å²) in [6.45, 7) is 0.337. The number of rotatable bonds is 3. The van der Waals surface area contributed by atoms with Crippen LogP contribution in [0.4, 0.5) is 13.2 Å². The van der Waals surface area contributed by atoms with Crippen molar-refractivity contribution in [2.24, 2.45) is 5.92 Å². The molecule has 0 aliphatic carbocycles. The number of ether oxygens (including phenoxy) is 1. The number of amides is 1. The number of esters is 1. The summed E-state index contributed by atoms with van der Waals surface area (Å²) in [6, 6.07) is 5.66. The fraction of sp³-hybridized carbons (Fsp3) is 0.389. The molecule has 10 heteroatoms. The summed E-state index contributed by atoms with van der Waals surface area (Å²) in [7, 11) is 1.28. The van der Waals surface area contributed by atoms with E-state index < -0.39 is 23.3 Å². The van der Waals surface area contributed by atoms with Crippen LogP contribution in [0, 0.1) is 5.92 Å². The number of hydrogen-bond acceptors (Lipinski definition) is 4. The highest BCUT2D eigenvalue weighted by atomic mass is 35.5. The van der Waals surface area contributed by atoms with Gasteiger partial charge in [0.05, 0.1) is 30.5 Å². The lowest BCUT2D eigenvalue weighted by molar-refractivity contribution is -0.146. The van der Waals surface area contributed by atoms with E-state index in [1.807, 2.05) is 0 Å². The highest BCUT2D eigenvalue weighted by Crippen LogP contribution is 2.35. The summed E-state index contributed by atoms with van der Waals surface area (Å²) in [6.07, 6.45) is -3.19. The summed E-state index contributed by atoms with van der Waals surface area (Å²) < 4.78 is 46.6. The second-order valence-corrected chi connectivity index (χ2v) is 6.82. The second-order valence-electron chi connectivity index (χ2n) is 6.38. The maximum atomic E-state index is 13.7. The van der Waals surface area contributed by atoms with Crippen LogP contribution in [0.5, 0.6) is 0 Å². The summed E-state index contributed by atoms with van der Waals surface area (Å²) in [4.78, 5) is 25.6. The standard InChI is InChI=1S/C18H17ClF3N3O3/c1-28-17(27)11-6-8-24(9-7-11)16(26)14-10-23-25(15(14)18(20,21)22)13-4-2-12(19)3-5-13/h2-5,10-11H,6-9H2,1H3. The zero-order chi connectivity index (χ0) is 20.5. The van der Waals surface area contributed by atoms with Gasteiger partial charge < -0.3 is 9.64 Å². The van der Waals surface area contributed by atoms with Gasteiger partial charge in [0.1, 0.15) is 0 Å². The molecule has 0 N–H and O–H groups in total. The number of likely N-dealkylation sites (tertiary alicyclic amines) is 1.